The van der Waals surface area contributed by atoms with Gasteiger partial charge in [0, 0.05) is 10.4 Å². The first-order chi connectivity index (χ1) is 18.1. The Labute approximate surface area is 221 Å². The van der Waals surface area contributed by atoms with Crippen LogP contribution in [-0.2, 0) is 11.2 Å². The lowest BCUT2D eigenvalue weighted by molar-refractivity contribution is -0.174. The first-order valence-electron chi connectivity index (χ1n) is 11.6. The fourth-order valence-electron chi connectivity index (χ4n) is 4.07. The van der Waals surface area contributed by atoms with E-state index in [2.05, 4.69) is 10.3 Å². The minimum atomic E-state index is -5.06. The molecule has 1 amide bonds. The van der Waals surface area contributed by atoms with Gasteiger partial charge >= 0.3 is 18.1 Å². The molecular formula is C29H22ClF3N2O3. The summed E-state index contributed by atoms with van der Waals surface area (Å²) in [5.74, 6) is -3.19. The summed E-state index contributed by atoms with van der Waals surface area (Å²) in [6.45, 7) is 0. The minimum Gasteiger partial charge on any atom is -0.478 e. The zero-order chi connectivity index (χ0) is 27.3. The number of benzene rings is 3. The van der Waals surface area contributed by atoms with Crippen LogP contribution in [0.4, 0.5) is 13.2 Å². The lowest BCUT2D eigenvalue weighted by Gasteiger charge is -2.21. The molecule has 0 fully saturated rings. The van der Waals surface area contributed by atoms with Gasteiger partial charge in [0.05, 0.1) is 22.8 Å². The molecule has 194 valence electrons. The van der Waals surface area contributed by atoms with Crippen molar-refractivity contribution in [1.29, 1.82) is 0 Å². The molecule has 3 aromatic carbocycles. The Bertz CT molecular complexity index is 1520. The fraction of sp³-hybridized carbons (Fsp3) is 0.138. The number of nitrogens with zero attached hydrogens (tertiary/aromatic N) is 1. The van der Waals surface area contributed by atoms with E-state index in [-0.39, 0.29) is 18.4 Å². The molecule has 2 N–H and O–H groups in total. The maximum Gasteiger partial charge on any atom is 0.471 e. The van der Waals surface area contributed by atoms with Gasteiger partial charge in [0.1, 0.15) is 0 Å². The highest BCUT2D eigenvalue weighted by molar-refractivity contribution is 6.31. The van der Waals surface area contributed by atoms with Crippen LogP contribution in [0, 0.1) is 0 Å². The summed E-state index contributed by atoms with van der Waals surface area (Å²) < 4.78 is 39.2. The van der Waals surface area contributed by atoms with Crippen molar-refractivity contribution in [2.24, 2.45) is 0 Å². The molecule has 1 heterocycles. The van der Waals surface area contributed by atoms with Crippen LogP contribution in [0.5, 0.6) is 0 Å². The molecule has 0 spiro atoms. The van der Waals surface area contributed by atoms with E-state index in [1.165, 1.54) is 6.07 Å². The number of aromatic carboxylic acids is 1. The summed E-state index contributed by atoms with van der Waals surface area (Å²) in [4.78, 5) is 27.9. The Morgan fingerprint density at radius 2 is 1.74 bits per heavy atom. The number of aryl methyl sites for hydroxylation is 1. The first-order valence-corrected chi connectivity index (χ1v) is 12.0. The monoisotopic (exact) mass is 538 g/mol. The molecule has 0 aliphatic carbocycles. The number of nitrogens with one attached hydrogen (secondary N) is 1. The van der Waals surface area contributed by atoms with Crippen LogP contribution >= 0.6 is 11.6 Å². The standard InChI is InChI=1S/C29H22ClF3N2O3/c30-22-12-9-20-10-14-23(34-26(20)17-22)13-8-18-4-3-6-21(16-18)25(35-28(38)29(31,32)33)15-11-19-5-1-2-7-24(19)27(36)37/h1-10,12-14,16-17,25H,11,15H2,(H,35,38)(H,36,37)/b13-8+. The van der Waals surface area contributed by atoms with E-state index in [1.807, 2.05) is 18.2 Å². The molecule has 0 saturated carbocycles. The summed E-state index contributed by atoms with van der Waals surface area (Å²) in [6.07, 6.45) is -1.31. The van der Waals surface area contributed by atoms with Gasteiger partial charge in [-0.25, -0.2) is 9.78 Å². The summed E-state index contributed by atoms with van der Waals surface area (Å²) in [6, 6.07) is 21.2. The Morgan fingerprint density at radius 3 is 2.50 bits per heavy atom. The molecule has 9 heteroatoms. The number of pyridine rings is 1. The third-order valence-electron chi connectivity index (χ3n) is 5.95. The summed E-state index contributed by atoms with van der Waals surface area (Å²) in [5, 5.41) is 13.0. The number of alkyl halides is 3. The van der Waals surface area contributed by atoms with E-state index >= 15 is 0 Å². The lowest BCUT2D eigenvalue weighted by atomic mass is 9.95. The van der Waals surface area contributed by atoms with Gasteiger partial charge in [-0.05, 0) is 65.9 Å². The van der Waals surface area contributed by atoms with Crippen molar-refractivity contribution in [1.82, 2.24) is 10.3 Å². The third kappa shape index (κ3) is 6.77. The Balaban J connectivity index is 1.59. The van der Waals surface area contributed by atoms with Crippen LogP contribution in [0.1, 0.15) is 45.2 Å². The number of carboxylic acids is 1. The van der Waals surface area contributed by atoms with Crippen molar-refractivity contribution in [3.8, 4) is 0 Å². The van der Waals surface area contributed by atoms with Gasteiger partial charge in [-0.15, -0.1) is 0 Å². The van der Waals surface area contributed by atoms with Crippen LogP contribution in [0.2, 0.25) is 5.02 Å². The molecule has 1 unspecified atom stereocenters. The van der Waals surface area contributed by atoms with Gasteiger partial charge in [0.25, 0.3) is 0 Å². The van der Waals surface area contributed by atoms with Crippen molar-refractivity contribution in [2.45, 2.75) is 25.1 Å². The van der Waals surface area contributed by atoms with Gasteiger partial charge in [0.2, 0.25) is 0 Å². The number of aromatic nitrogens is 1. The van der Waals surface area contributed by atoms with Gasteiger partial charge in [-0.1, -0.05) is 66.2 Å². The molecule has 0 aliphatic rings. The summed E-state index contributed by atoms with van der Waals surface area (Å²) >= 11 is 6.06. The quantitative estimate of drug-likeness (QED) is 0.250. The maximum atomic E-state index is 13.1. The lowest BCUT2D eigenvalue weighted by Crippen LogP contribution is -2.39. The van der Waals surface area contributed by atoms with Crippen molar-refractivity contribution in [2.75, 3.05) is 0 Å². The number of hydrogen-bond acceptors (Lipinski definition) is 3. The Hall–Kier alpha value is -4.17. The zero-order valence-electron chi connectivity index (χ0n) is 19.9. The molecule has 1 atom stereocenters. The number of carboxylic acid groups (broad SMARTS) is 1. The summed E-state index contributed by atoms with van der Waals surface area (Å²) in [5.41, 5.74) is 3.06. The van der Waals surface area contributed by atoms with Crippen LogP contribution in [0.3, 0.4) is 0 Å². The van der Waals surface area contributed by atoms with Crippen LogP contribution < -0.4 is 5.32 Å². The van der Waals surface area contributed by atoms with E-state index in [4.69, 9.17) is 11.6 Å². The van der Waals surface area contributed by atoms with Crippen LogP contribution in [-0.4, -0.2) is 28.1 Å². The number of fused-ring (bicyclic) bond motifs is 1. The van der Waals surface area contributed by atoms with Gasteiger partial charge in [-0.2, -0.15) is 13.2 Å². The maximum absolute atomic E-state index is 13.1. The molecule has 0 radical (unpaired) electrons. The van der Waals surface area contributed by atoms with Crippen molar-refractivity contribution in [3.05, 3.63) is 112 Å². The highest BCUT2D eigenvalue weighted by Crippen LogP contribution is 2.25. The number of halogens is 4. The summed E-state index contributed by atoms with van der Waals surface area (Å²) in [7, 11) is 0. The van der Waals surface area contributed by atoms with Crippen molar-refractivity contribution in [3.63, 3.8) is 0 Å². The zero-order valence-corrected chi connectivity index (χ0v) is 20.6. The number of hydrogen-bond donors (Lipinski definition) is 2. The predicted molar refractivity (Wildman–Crippen MR) is 141 cm³/mol. The smallest absolute Gasteiger partial charge is 0.471 e. The third-order valence-corrected chi connectivity index (χ3v) is 6.18. The second-order valence-corrected chi connectivity index (χ2v) is 9.04. The number of carbonyl (C=O) groups excluding carboxylic acids is 1. The number of amides is 1. The number of rotatable bonds is 8. The highest BCUT2D eigenvalue weighted by Gasteiger charge is 2.39. The second kappa shape index (κ2) is 11.5. The van der Waals surface area contributed by atoms with E-state index in [9.17, 15) is 27.9 Å². The van der Waals surface area contributed by atoms with Crippen molar-refractivity contribution >= 4 is 46.5 Å². The largest absolute Gasteiger partial charge is 0.478 e. The molecule has 1 aromatic heterocycles. The molecule has 0 bridgehead atoms. The molecule has 4 rings (SSSR count). The van der Waals surface area contributed by atoms with Crippen LogP contribution in [0.25, 0.3) is 23.1 Å². The molecule has 38 heavy (non-hydrogen) atoms. The first kappa shape index (κ1) is 26.9. The van der Waals surface area contributed by atoms with Gasteiger partial charge in [0.15, 0.2) is 0 Å². The normalized spacial score (nSPS) is 12.5. The molecule has 4 aromatic rings. The molecule has 0 saturated heterocycles. The number of carbonyl (C=O) groups is 2. The van der Waals surface area contributed by atoms with Gasteiger partial charge in [-0.3, -0.25) is 4.79 Å². The highest BCUT2D eigenvalue weighted by atomic mass is 35.5. The Kier molecular flexibility index (Phi) is 8.12. The average Bonchev–Trinajstić information content (AvgIpc) is 2.89. The van der Waals surface area contributed by atoms with Crippen LogP contribution in [0.15, 0.2) is 78.9 Å². The second-order valence-electron chi connectivity index (χ2n) is 8.60. The van der Waals surface area contributed by atoms with E-state index in [0.29, 0.717) is 27.4 Å². The van der Waals surface area contributed by atoms with Gasteiger partial charge < -0.3 is 10.4 Å². The minimum absolute atomic E-state index is 0.0618. The molecule has 0 aliphatic heterocycles. The van der Waals surface area contributed by atoms with E-state index < -0.39 is 24.1 Å². The predicted octanol–water partition coefficient (Wildman–Crippen LogP) is 7.11. The van der Waals surface area contributed by atoms with Crippen molar-refractivity contribution < 1.29 is 27.9 Å². The average molecular weight is 539 g/mol. The topological polar surface area (TPSA) is 79.3 Å². The molecular weight excluding hydrogens is 517 g/mol. The van der Waals surface area contributed by atoms with E-state index in [0.717, 1.165) is 10.9 Å². The Morgan fingerprint density at radius 1 is 0.974 bits per heavy atom. The fourth-order valence-corrected chi connectivity index (χ4v) is 4.24. The molecule has 5 nitrogen and oxygen atoms in total. The SMILES string of the molecule is O=C(O)c1ccccc1CCC(NC(=O)C(F)(F)F)c1cccc(/C=C/c2ccc3ccc(Cl)cc3n2)c1. The van der Waals surface area contributed by atoms with E-state index in [1.54, 1.807) is 66.7 Å².